The molecule has 130 valence electrons. The van der Waals surface area contributed by atoms with Crippen molar-refractivity contribution in [2.24, 2.45) is 0 Å². The molecule has 1 aliphatic heterocycles. The summed E-state index contributed by atoms with van der Waals surface area (Å²) < 4.78 is 30.9. The van der Waals surface area contributed by atoms with Crippen LogP contribution in [0.3, 0.4) is 0 Å². The zero-order valence-electron chi connectivity index (χ0n) is 13.8. The van der Waals surface area contributed by atoms with E-state index in [4.69, 9.17) is 4.52 Å². The summed E-state index contributed by atoms with van der Waals surface area (Å²) in [5.74, 6) is 1.29. The Morgan fingerprint density at radius 1 is 1.12 bits per heavy atom. The SMILES string of the molecule is CCS(=O)(=O)N1CCCN(Cc2noc(-c3ccccc3)n2)CC1. The van der Waals surface area contributed by atoms with Crippen molar-refractivity contribution in [3.05, 3.63) is 36.2 Å². The second-order valence-electron chi connectivity index (χ2n) is 5.81. The van der Waals surface area contributed by atoms with E-state index in [2.05, 4.69) is 15.0 Å². The summed E-state index contributed by atoms with van der Waals surface area (Å²) in [5, 5.41) is 4.04. The number of hydrogen-bond acceptors (Lipinski definition) is 6. The van der Waals surface area contributed by atoms with E-state index in [0.717, 1.165) is 18.5 Å². The minimum Gasteiger partial charge on any atom is -0.334 e. The topological polar surface area (TPSA) is 79.5 Å². The molecule has 2 aromatic rings. The van der Waals surface area contributed by atoms with Gasteiger partial charge in [0.2, 0.25) is 10.0 Å². The third-order valence-electron chi connectivity index (χ3n) is 4.16. The molecule has 1 saturated heterocycles. The van der Waals surface area contributed by atoms with Crippen LogP contribution in [0.1, 0.15) is 19.2 Å². The summed E-state index contributed by atoms with van der Waals surface area (Å²) in [4.78, 5) is 6.61. The molecule has 0 N–H and O–H groups in total. The summed E-state index contributed by atoms with van der Waals surface area (Å²) in [6, 6.07) is 9.65. The van der Waals surface area contributed by atoms with Gasteiger partial charge in [-0.2, -0.15) is 4.98 Å². The number of rotatable bonds is 5. The average molecular weight is 350 g/mol. The lowest BCUT2D eigenvalue weighted by atomic mass is 10.2. The Morgan fingerprint density at radius 3 is 2.67 bits per heavy atom. The number of nitrogens with zero attached hydrogens (tertiary/aromatic N) is 4. The van der Waals surface area contributed by atoms with Gasteiger partial charge >= 0.3 is 0 Å². The second-order valence-corrected chi connectivity index (χ2v) is 8.07. The lowest BCUT2D eigenvalue weighted by Crippen LogP contribution is -2.36. The van der Waals surface area contributed by atoms with E-state index in [1.807, 2.05) is 30.3 Å². The van der Waals surface area contributed by atoms with Crippen LogP contribution in [0.15, 0.2) is 34.9 Å². The molecule has 7 nitrogen and oxygen atoms in total. The van der Waals surface area contributed by atoms with Crippen LogP contribution in [0, 0.1) is 0 Å². The van der Waals surface area contributed by atoms with E-state index >= 15 is 0 Å². The Labute approximate surface area is 142 Å². The molecule has 0 aliphatic carbocycles. The number of hydrogen-bond donors (Lipinski definition) is 0. The summed E-state index contributed by atoms with van der Waals surface area (Å²) >= 11 is 0. The first-order valence-corrected chi connectivity index (χ1v) is 9.77. The molecule has 3 rings (SSSR count). The van der Waals surface area contributed by atoms with Gasteiger partial charge in [0.1, 0.15) is 0 Å². The van der Waals surface area contributed by atoms with Crippen molar-refractivity contribution in [1.82, 2.24) is 19.3 Å². The average Bonchev–Trinajstić information content (AvgIpc) is 2.93. The highest BCUT2D eigenvalue weighted by Gasteiger charge is 2.24. The first-order chi connectivity index (χ1) is 11.6. The molecular weight excluding hydrogens is 328 g/mol. The molecule has 0 spiro atoms. The first kappa shape index (κ1) is 17.1. The van der Waals surface area contributed by atoms with Gasteiger partial charge in [-0.15, -0.1) is 0 Å². The van der Waals surface area contributed by atoms with Crippen molar-refractivity contribution in [3.63, 3.8) is 0 Å². The molecule has 8 heteroatoms. The standard InChI is InChI=1S/C16H22N4O3S/c1-2-24(21,22)20-10-6-9-19(11-12-20)13-15-17-16(23-18-15)14-7-4-3-5-8-14/h3-5,7-8H,2,6,9-13H2,1H3. The van der Waals surface area contributed by atoms with Crippen LogP contribution in [-0.4, -0.2) is 59.7 Å². The lowest BCUT2D eigenvalue weighted by molar-refractivity contribution is 0.267. The molecule has 0 amide bonds. The largest absolute Gasteiger partial charge is 0.334 e. The van der Waals surface area contributed by atoms with Gasteiger partial charge in [-0.3, -0.25) is 4.90 Å². The fourth-order valence-corrected chi connectivity index (χ4v) is 3.91. The monoisotopic (exact) mass is 350 g/mol. The van der Waals surface area contributed by atoms with Crippen molar-refractivity contribution >= 4 is 10.0 Å². The Balaban J connectivity index is 1.62. The van der Waals surface area contributed by atoms with Crippen LogP contribution in [-0.2, 0) is 16.6 Å². The summed E-state index contributed by atoms with van der Waals surface area (Å²) in [5.41, 5.74) is 0.896. The smallest absolute Gasteiger partial charge is 0.257 e. The quantitative estimate of drug-likeness (QED) is 0.815. The summed E-state index contributed by atoms with van der Waals surface area (Å²) in [7, 11) is -3.12. The highest BCUT2D eigenvalue weighted by molar-refractivity contribution is 7.89. The molecule has 1 fully saturated rings. The molecule has 1 aliphatic rings. The fraction of sp³-hybridized carbons (Fsp3) is 0.500. The zero-order valence-corrected chi connectivity index (χ0v) is 14.6. The molecule has 1 aromatic carbocycles. The maximum absolute atomic E-state index is 12.0. The highest BCUT2D eigenvalue weighted by atomic mass is 32.2. The minimum atomic E-state index is -3.12. The van der Waals surface area contributed by atoms with Crippen LogP contribution in [0.2, 0.25) is 0 Å². The van der Waals surface area contributed by atoms with Crippen molar-refractivity contribution < 1.29 is 12.9 Å². The first-order valence-electron chi connectivity index (χ1n) is 8.16. The van der Waals surface area contributed by atoms with E-state index in [-0.39, 0.29) is 5.75 Å². The van der Waals surface area contributed by atoms with Crippen LogP contribution < -0.4 is 0 Å². The molecule has 2 heterocycles. The highest BCUT2D eigenvalue weighted by Crippen LogP contribution is 2.17. The predicted octanol–water partition coefficient (Wildman–Crippen LogP) is 1.59. The Hall–Kier alpha value is -1.77. The van der Waals surface area contributed by atoms with Gasteiger partial charge in [-0.05, 0) is 32.0 Å². The number of aromatic nitrogens is 2. The van der Waals surface area contributed by atoms with Crippen LogP contribution in [0.4, 0.5) is 0 Å². The maximum atomic E-state index is 12.0. The predicted molar refractivity (Wildman–Crippen MR) is 90.7 cm³/mol. The van der Waals surface area contributed by atoms with Crippen molar-refractivity contribution in [2.75, 3.05) is 31.9 Å². The molecule has 0 unspecified atom stereocenters. The molecule has 1 aromatic heterocycles. The second kappa shape index (κ2) is 7.42. The van der Waals surface area contributed by atoms with Gasteiger partial charge in [-0.1, -0.05) is 23.4 Å². The van der Waals surface area contributed by atoms with E-state index in [0.29, 0.717) is 37.9 Å². The van der Waals surface area contributed by atoms with E-state index in [9.17, 15) is 8.42 Å². The van der Waals surface area contributed by atoms with Crippen LogP contribution >= 0.6 is 0 Å². The molecule has 0 bridgehead atoms. The van der Waals surface area contributed by atoms with Gasteiger partial charge in [-0.25, -0.2) is 12.7 Å². The summed E-state index contributed by atoms with van der Waals surface area (Å²) in [6.45, 7) is 4.84. The van der Waals surface area contributed by atoms with Crippen molar-refractivity contribution in [3.8, 4) is 11.5 Å². The van der Waals surface area contributed by atoms with Crippen molar-refractivity contribution in [1.29, 1.82) is 0 Å². The molecular formula is C16H22N4O3S. The van der Waals surface area contributed by atoms with Crippen LogP contribution in [0.5, 0.6) is 0 Å². The number of benzene rings is 1. The fourth-order valence-electron chi connectivity index (χ4n) is 2.78. The Morgan fingerprint density at radius 2 is 1.92 bits per heavy atom. The van der Waals surface area contributed by atoms with Gasteiger partial charge < -0.3 is 4.52 Å². The third-order valence-corrected chi connectivity index (χ3v) is 6.04. The van der Waals surface area contributed by atoms with E-state index < -0.39 is 10.0 Å². The van der Waals surface area contributed by atoms with Gasteiger partial charge in [0, 0.05) is 25.2 Å². The Kier molecular flexibility index (Phi) is 5.27. The number of sulfonamides is 1. The van der Waals surface area contributed by atoms with Crippen LogP contribution in [0.25, 0.3) is 11.5 Å². The zero-order chi connectivity index (χ0) is 17.0. The minimum absolute atomic E-state index is 0.151. The van der Waals surface area contributed by atoms with Crippen molar-refractivity contribution in [2.45, 2.75) is 19.9 Å². The van der Waals surface area contributed by atoms with Gasteiger partial charge in [0.25, 0.3) is 5.89 Å². The maximum Gasteiger partial charge on any atom is 0.257 e. The Bertz CT molecular complexity index is 761. The molecule has 0 saturated carbocycles. The molecule has 0 radical (unpaired) electrons. The van der Waals surface area contributed by atoms with E-state index in [1.54, 1.807) is 11.2 Å². The van der Waals surface area contributed by atoms with Gasteiger partial charge in [0.05, 0.1) is 12.3 Å². The molecule has 0 atom stereocenters. The van der Waals surface area contributed by atoms with Gasteiger partial charge in [0.15, 0.2) is 5.82 Å². The third kappa shape index (κ3) is 4.00. The molecule has 24 heavy (non-hydrogen) atoms. The summed E-state index contributed by atoms with van der Waals surface area (Å²) in [6.07, 6.45) is 0.808. The van der Waals surface area contributed by atoms with E-state index in [1.165, 1.54) is 0 Å². The lowest BCUT2D eigenvalue weighted by Gasteiger charge is -2.20. The normalized spacial score (nSPS) is 17.7.